The number of hydrogen-bond donors (Lipinski definition) is 3. The number of halogens is 3. The smallest absolute Gasteiger partial charge is 0.330 e. The first-order valence-electron chi connectivity index (χ1n) is 11.3. The fourth-order valence-corrected chi connectivity index (χ4v) is 5.93. The summed E-state index contributed by atoms with van der Waals surface area (Å²) in [5, 5.41) is 13.2. The molecule has 0 aliphatic carbocycles. The van der Waals surface area contributed by atoms with E-state index in [9.17, 15) is 28.3 Å². The normalized spacial score (nSPS) is 25.8. The van der Waals surface area contributed by atoms with Crippen molar-refractivity contribution in [2.75, 3.05) is 6.61 Å². The third-order valence-corrected chi connectivity index (χ3v) is 7.88. The zero-order valence-electron chi connectivity index (χ0n) is 20.5. The Morgan fingerprint density at radius 1 is 1.26 bits per heavy atom. The maximum absolute atomic E-state index is 15.1. The summed E-state index contributed by atoms with van der Waals surface area (Å²) >= 11 is 5.47. The zero-order chi connectivity index (χ0) is 28.3. The summed E-state index contributed by atoms with van der Waals surface area (Å²) in [6, 6.07) is 7.66. The number of aliphatic hydroxyl groups excluding tert-OH is 1. The summed E-state index contributed by atoms with van der Waals surface area (Å²) in [4.78, 5) is 37.7. The van der Waals surface area contributed by atoms with Gasteiger partial charge in [-0.2, -0.15) is 0 Å². The molecule has 2 heterocycles. The van der Waals surface area contributed by atoms with E-state index in [2.05, 4.69) is 5.09 Å². The second kappa shape index (κ2) is 12.1. The molecule has 3 rings (SSSR count). The molecule has 1 aromatic heterocycles. The van der Waals surface area contributed by atoms with Crippen molar-refractivity contribution >= 4 is 24.4 Å². The van der Waals surface area contributed by atoms with Gasteiger partial charge in [-0.15, -0.1) is 0 Å². The Morgan fingerprint density at radius 2 is 1.92 bits per heavy atom. The van der Waals surface area contributed by atoms with Gasteiger partial charge in [-0.3, -0.25) is 19.1 Å². The molecule has 0 bridgehead atoms. The van der Waals surface area contributed by atoms with Crippen molar-refractivity contribution in [2.24, 2.45) is 0 Å². The number of rotatable bonds is 11. The van der Waals surface area contributed by atoms with Gasteiger partial charge in [-0.25, -0.2) is 23.1 Å². The van der Waals surface area contributed by atoms with Gasteiger partial charge < -0.3 is 23.6 Å². The number of alkyl halides is 3. The Morgan fingerprint density at radius 3 is 2.50 bits per heavy atom. The number of nitrogens with one attached hydrogen (secondary N) is 2. The van der Waals surface area contributed by atoms with Crippen LogP contribution in [0, 0.1) is 0 Å². The molecule has 1 fully saturated rings. The van der Waals surface area contributed by atoms with Crippen molar-refractivity contribution in [1.29, 1.82) is 0 Å². The van der Waals surface area contributed by atoms with Crippen LogP contribution in [-0.2, 0) is 30.6 Å². The highest BCUT2D eigenvalue weighted by atomic mass is 32.5. The summed E-state index contributed by atoms with van der Waals surface area (Å²) in [7, 11) is 0. The van der Waals surface area contributed by atoms with Gasteiger partial charge in [0.25, 0.3) is 12.0 Å². The minimum atomic E-state index is -3.86. The lowest BCUT2D eigenvalue weighted by Crippen LogP contribution is -2.52. The van der Waals surface area contributed by atoms with Gasteiger partial charge in [0.15, 0.2) is 18.0 Å². The third kappa shape index (κ3) is 6.71. The molecule has 0 radical (unpaired) electrons. The Balaban J connectivity index is 1.90. The molecule has 210 valence electrons. The molecule has 0 amide bonds. The molecule has 11 nitrogen and oxygen atoms in total. The topological polar surface area (TPSA) is 141 Å². The van der Waals surface area contributed by atoms with Gasteiger partial charge in [-0.1, -0.05) is 18.2 Å². The number of benzene rings is 1. The van der Waals surface area contributed by atoms with E-state index in [4.69, 9.17) is 30.3 Å². The molecule has 6 atom stereocenters. The van der Waals surface area contributed by atoms with E-state index in [-0.39, 0.29) is 5.75 Å². The fourth-order valence-electron chi connectivity index (χ4n) is 3.51. The SMILES string of the molecule is CC(C)OC(=O)C(C)NP(=S)(OCC1(C(F)F)OC(n2ccc(=O)[nH]c2=O)C(F)C1O)Oc1ccccc1. The predicted molar refractivity (Wildman–Crippen MR) is 132 cm³/mol. The second-order valence-corrected chi connectivity index (χ2v) is 11.8. The van der Waals surface area contributed by atoms with E-state index in [1.165, 1.54) is 19.1 Å². The lowest BCUT2D eigenvalue weighted by Gasteiger charge is -2.34. The van der Waals surface area contributed by atoms with Crippen LogP contribution < -0.4 is 20.9 Å². The molecule has 1 saturated heterocycles. The highest BCUT2D eigenvalue weighted by Gasteiger charge is 2.62. The van der Waals surface area contributed by atoms with Crippen LogP contribution in [0.25, 0.3) is 0 Å². The molecule has 1 aliphatic heterocycles. The number of hydrogen-bond acceptors (Lipinski definition) is 9. The zero-order valence-corrected chi connectivity index (χ0v) is 22.2. The molecule has 3 N–H and O–H groups in total. The summed E-state index contributed by atoms with van der Waals surface area (Å²) in [5.74, 6) is -0.552. The van der Waals surface area contributed by atoms with Crippen LogP contribution in [0.4, 0.5) is 13.2 Å². The van der Waals surface area contributed by atoms with Crippen molar-refractivity contribution in [1.82, 2.24) is 14.6 Å². The molecule has 6 unspecified atom stereocenters. The first-order valence-corrected chi connectivity index (χ1v) is 14.0. The molecule has 2 aromatic rings. The number of carbonyl (C=O) groups is 1. The van der Waals surface area contributed by atoms with Crippen molar-refractivity contribution in [2.45, 2.75) is 63.4 Å². The Bertz CT molecular complexity index is 1280. The number of aliphatic hydroxyl groups is 1. The summed E-state index contributed by atoms with van der Waals surface area (Å²) < 4.78 is 66.0. The van der Waals surface area contributed by atoms with Crippen molar-refractivity contribution in [3.05, 3.63) is 63.4 Å². The van der Waals surface area contributed by atoms with Crippen molar-refractivity contribution < 1.29 is 41.6 Å². The number of aromatic amines is 1. The van der Waals surface area contributed by atoms with Gasteiger partial charge in [0.2, 0.25) is 0 Å². The fraction of sp³-hybridized carbons (Fsp3) is 0.500. The molecule has 38 heavy (non-hydrogen) atoms. The van der Waals surface area contributed by atoms with E-state index in [0.29, 0.717) is 4.57 Å². The van der Waals surface area contributed by atoms with Gasteiger partial charge in [-0.05, 0) is 44.7 Å². The number of H-pyrrole nitrogens is 1. The highest BCUT2D eigenvalue weighted by Crippen LogP contribution is 2.49. The van der Waals surface area contributed by atoms with Crippen LogP contribution in [0.1, 0.15) is 27.0 Å². The maximum atomic E-state index is 15.1. The lowest BCUT2D eigenvalue weighted by molar-refractivity contribution is -0.192. The van der Waals surface area contributed by atoms with E-state index >= 15 is 4.39 Å². The predicted octanol–water partition coefficient (Wildman–Crippen LogP) is 2.02. The van der Waals surface area contributed by atoms with Crippen LogP contribution in [-0.4, -0.2) is 63.7 Å². The molecule has 1 aliphatic rings. The number of aromatic nitrogens is 2. The van der Waals surface area contributed by atoms with Gasteiger partial charge in [0.05, 0.1) is 12.7 Å². The minimum absolute atomic E-state index is 0.174. The van der Waals surface area contributed by atoms with Gasteiger partial charge in [0.1, 0.15) is 17.9 Å². The molecule has 0 spiro atoms. The summed E-state index contributed by atoms with van der Waals surface area (Å²) in [5.41, 5.74) is -4.94. The molecule has 1 aromatic carbocycles. The molecule has 16 heteroatoms. The van der Waals surface area contributed by atoms with Crippen LogP contribution in [0.15, 0.2) is 52.2 Å². The summed E-state index contributed by atoms with van der Waals surface area (Å²) in [6.45, 7) is -0.411. The van der Waals surface area contributed by atoms with Gasteiger partial charge in [0, 0.05) is 12.3 Å². The van der Waals surface area contributed by atoms with E-state index in [1.807, 2.05) is 4.98 Å². The number of esters is 1. The summed E-state index contributed by atoms with van der Waals surface area (Å²) in [6.07, 6.45) is -10.2. The largest absolute Gasteiger partial charge is 0.462 e. The van der Waals surface area contributed by atoms with E-state index in [1.54, 1.807) is 32.0 Å². The number of ether oxygens (including phenoxy) is 2. The standard InChI is InChI=1S/C22H27F3N3O8PS/c1-12(2)34-19(31)13(3)27-37(38,36-14-7-5-4-6-8-14)33-11-22(20(24)25)17(30)16(23)18(35-22)28-10-9-15(29)26-21(28)32/h4-10,12-13,16-18,20,30H,11H2,1-3H3,(H,27,38)(H,26,29,32). The Hall–Kier alpha value is -2.55. The highest BCUT2D eigenvalue weighted by molar-refractivity contribution is 8.09. The Kier molecular flexibility index (Phi) is 9.55. The van der Waals surface area contributed by atoms with Crippen molar-refractivity contribution in [3.63, 3.8) is 0 Å². The van der Waals surface area contributed by atoms with Gasteiger partial charge >= 0.3 is 18.3 Å². The molecular weight excluding hydrogens is 554 g/mol. The first kappa shape index (κ1) is 30.0. The van der Waals surface area contributed by atoms with Crippen molar-refractivity contribution in [3.8, 4) is 5.75 Å². The Labute approximate surface area is 220 Å². The van der Waals surface area contributed by atoms with E-state index in [0.717, 1.165) is 12.3 Å². The number of para-hydroxylation sites is 1. The quantitative estimate of drug-likeness (QED) is 0.267. The van der Waals surface area contributed by atoms with E-state index < -0.39 is 73.1 Å². The van der Waals surface area contributed by atoms with Crippen LogP contribution in [0.5, 0.6) is 5.75 Å². The lowest BCUT2D eigenvalue weighted by atomic mass is 9.97. The molecule has 0 saturated carbocycles. The molecular formula is C22H27F3N3O8PS. The van der Waals surface area contributed by atoms with Crippen LogP contribution in [0.3, 0.4) is 0 Å². The average Bonchev–Trinajstić information content (AvgIpc) is 3.09. The maximum Gasteiger partial charge on any atom is 0.330 e. The second-order valence-electron chi connectivity index (χ2n) is 8.68. The monoisotopic (exact) mass is 581 g/mol. The third-order valence-electron chi connectivity index (χ3n) is 5.40. The minimum Gasteiger partial charge on any atom is -0.462 e. The van der Waals surface area contributed by atoms with Crippen LogP contribution in [0.2, 0.25) is 0 Å². The average molecular weight is 582 g/mol. The number of nitrogens with zero attached hydrogens (tertiary/aromatic N) is 1. The first-order chi connectivity index (χ1) is 17.8. The van der Waals surface area contributed by atoms with Crippen LogP contribution >= 0.6 is 6.64 Å². The number of carbonyl (C=O) groups excluding carboxylic acids is 1.